The molecule has 0 bridgehead atoms. The summed E-state index contributed by atoms with van der Waals surface area (Å²) >= 11 is 0. The van der Waals surface area contributed by atoms with Crippen LogP contribution >= 0.6 is 0 Å². The predicted molar refractivity (Wildman–Crippen MR) is 55.7 cm³/mol. The molecule has 2 rings (SSSR count). The van der Waals surface area contributed by atoms with E-state index in [-0.39, 0.29) is 29.2 Å². The van der Waals surface area contributed by atoms with E-state index in [0.717, 1.165) is 5.39 Å². The third-order valence-corrected chi connectivity index (χ3v) is 2.94. The van der Waals surface area contributed by atoms with Crippen LogP contribution in [-0.4, -0.2) is 18.4 Å². The van der Waals surface area contributed by atoms with Gasteiger partial charge >= 0.3 is 18.9 Å². The second-order valence-corrected chi connectivity index (χ2v) is 4.34. The van der Waals surface area contributed by atoms with E-state index in [1.165, 1.54) is 6.07 Å². The number of rotatable bonds is 1. The summed E-state index contributed by atoms with van der Waals surface area (Å²) in [6.07, 6.45) is 0. The van der Waals surface area contributed by atoms with Crippen molar-refractivity contribution in [3.8, 4) is 0 Å². The molecule has 2 aromatic rings. The predicted octanol–water partition coefficient (Wildman–Crippen LogP) is -1.09. The minimum atomic E-state index is -4.13. The van der Waals surface area contributed by atoms with Crippen LogP contribution in [0.15, 0.2) is 47.4 Å². The van der Waals surface area contributed by atoms with Crippen molar-refractivity contribution in [3.63, 3.8) is 0 Å². The van der Waals surface area contributed by atoms with Gasteiger partial charge in [0.15, 0.2) is 0 Å². The molecule has 0 fully saturated rings. The van der Waals surface area contributed by atoms with E-state index in [1.807, 2.05) is 6.07 Å². The zero-order valence-corrected chi connectivity index (χ0v) is 9.48. The zero-order chi connectivity index (χ0) is 10.2. The molecule has 0 aliphatic rings. The van der Waals surface area contributed by atoms with Crippen LogP contribution in [0.2, 0.25) is 0 Å². The number of hydrogen-bond acceptors (Lipinski definition) is 3. The average Bonchev–Trinajstić information content (AvgIpc) is 2.15. The Balaban J connectivity index is 0.00000112. The van der Waals surface area contributed by atoms with Crippen LogP contribution in [0.25, 0.3) is 10.8 Å². The second-order valence-electron chi connectivity index (χ2n) is 2.95. The van der Waals surface area contributed by atoms with Crippen LogP contribution in [0.1, 0.15) is 0 Å². The minimum absolute atomic E-state index is 0. The summed E-state index contributed by atoms with van der Waals surface area (Å²) in [5.74, 6) is 0. The Labute approximate surface area is 106 Å². The molecule has 16 heavy (non-hydrogen) atoms. The largest absolute Gasteiger partial charge is 1.00 e. The monoisotopic (exact) mass is 232 g/mol. The van der Waals surface area contributed by atoms with Gasteiger partial charge in [0.25, 0.3) is 10.1 Å². The molecule has 0 unspecified atom stereocenters. The van der Waals surface area contributed by atoms with Crippen LogP contribution < -0.4 is 18.9 Å². The van der Waals surface area contributed by atoms with Gasteiger partial charge in [-0.05, 0) is 11.5 Å². The molecule has 80 valence electrons. The molecule has 4 nitrogen and oxygen atoms in total. The van der Waals surface area contributed by atoms with Gasteiger partial charge in [-0.15, -0.1) is 0 Å². The summed E-state index contributed by atoms with van der Waals surface area (Å²) in [7, 11) is -4.13. The Morgan fingerprint density at radius 3 is 2.12 bits per heavy atom. The third-order valence-electron chi connectivity index (χ3n) is 2.03. The quantitative estimate of drug-likeness (QED) is 0.500. The van der Waals surface area contributed by atoms with Gasteiger partial charge in [-0.25, -0.2) is 0 Å². The first-order valence-electron chi connectivity index (χ1n) is 4.04. The zero-order valence-electron chi connectivity index (χ0n) is 8.66. The maximum atomic E-state index is 11.0. The van der Waals surface area contributed by atoms with Crippen LogP contribution in [0.3, 0.4) is 0 Å². The Hall–Kier alpha value is -0.833. The van der Waals surface area contributed by atoms with Crippen molar-refractivity contribution in [1.29, 1.82) is 0 Å². The standard InChI is InChI=1S/C10H8O3S.Li.H2O/c11-14(12,13)10-7-3-5-8-4-1-2-6-9(8)10;;/h1-7H,(H,11,12,13);;1H2/q;+1;/p-1. The third kappa shape index (κ3) is 2.85. The molecule has 0 aliphatic heterocycles. The van der Waals surface area contributed by atoms with Gasteiger partial charge in [0.1, 0.15) is 4.90 Å². The van der Waals surface area contributed by atoms with E-state index in [2.05, 4.69) is 0 Å². The van der Waals surface area contributed by atoms with Crippen molar-refractivity contribution >= 4 is 20.9 Å². The molecular weight excluding hydrogens is 223 g/mol. The van der Waals surface area contributed by atoms with Gasteiger partial charge in [0, 0.05) is 5.39 Å². The molecule has 0 amide bonds. The van der Waals surface area contributed by atoms with Gasteiger partial charge < -0.3 is 5.48 Å². The first-order valence-corrected chi connectivity index (χ1v) is 5.48. The van der Waals surface area contributed by atoms with Crippen molar-refractivity contribution in [3.05, 3.63) is 42.5 Å². The van der Waals surface area contributed by atoms with Crippen molar-refractivity contribution in [2.24, 2.45) is 0 Å². The van der Waals surface area contributed by atoms with Gasteiger partial charge in [0.2, 0.25) is 0 Å². The Morgan fingerprint density at radius 1 is 0.938 bits per heavy atom. The normalized spacial score (nSPS) is 10.3. The first-order chi connectivity index (χ1) is 6.59. The number of fused-ring (bicyclic) bond motifs is 1. The molecule has 2 N–H and O–H groups in total. The first kappa shape index (κ1) is 15.2. The Morgan fingerprint density at radius 2 is 1.50 bits per heavy atom. The van der Waals surface area contributed by atoms with Crippen LogP contribution in [0.5, 0.6) is 0 Å². The van der Waals surface area contributed by atoms with Crippen LogP contribution in [0, 0.1) is 0 Å². The molecule has 2 aromatic carbocycles. The van der Waals surface area contributed by atoms with Gasteiger partial charge in [-0.1, -0.05) is 36.4 Å². The van der Waals surface area contributed by atoms with E-state index in [9.17, 15) is 8.42 Å². The van der Waals surface area contributed by atoms with Crippen LogP contribution in [-0.2, 0) is 10.1 Å². The average molecular weight is 232 g/mol. The Bertz CT molecular complexity index is 575. The van der Waals surface area contributed by atoms with Gasteiger partial charge in [0.05, 0.1) is 0 Å². The maximum Gasteiger partial charge on any atom is 1.00 e. The summed E-state index contributed by atoms with van der Waals surface area (Å²) in [6, 6.07) is 11.8. The summed E-state index contributed by atoms with van der Waals surface area (Å²) in [6.45, 7) is 0. The van der Waals surface area contributed by atoms with E-state index in [0.29, 0.717) is 5.39 Å². The summed E-state index contributed by atoms with van der Waals surface area (Å²) < 4.78 is 31.0. The molecule has 0 atom stereocenters. The smallest absolute Gasteiger partial charge is 0.870 e. The summed E-state index contributed by atoms with van der Waals surface area (Å²) in [5, 5.41) is 1.33. The van der Waals surface area contributed by atoms with E-state index in [1.54, 1.807) is 30.3 Å². The second kappa shape index (κ2) is 5.48. The Kier molecular flexibility index (Phi) is 5.20. The maximum absolute atomic E-state index is 11.0. The fraction of sp³-hybridized carbons (Fsp3) is 0. The molecule has 0 aliphatic carbocycles. The number of benzene rings is 2. The number of hydrogen-bond donors (Lipinski definition) is 1. The van der Waals surface area contributed by atoms with Crippen LogP contribution in [0.4, 0.5) is 0 Å². The molecule has 0 radical (unpaired) electrons. The van der Waals surface area contributed by atoms with Gasteiger partial charge in [-0.3, -0.25) is 4.55 Å². The van der Waals surface area contributed by atoms with Crippen molar-refractivity contribution in [2.45, 2.75) is 4.90 Å². The fourth-order valence-corrected chi connectivity index (χ4v) is 2.13. The minimum Gasteiger partial charge on any atom is -0.870 e. The topological polar surface area (TPSA) is 84.4 Å². The molecular formula is C10H9LiO4S. The van der Waals surface area contributed by atoms with E-state index < -0.39 is 10.1 Å². The molecule has 6 heteroatoms. The van der Waals surface area contributed by atoms with E-state index >= 15 is 0 Å². The molecule has 0 saturated heterocycles. The molecule has 0 aromatic heterocycles. The molecule has 0 saturated carbocycles. The molecule has 0 spiro atoms. The summed E-state index contributed by atoms with van der Waals surface area (Å²) in [4.78, 5) is -0.0457. The van der Waals surface area contributed by atoms with E-state index in [4.69, 9.17) is 4.55 Å². The fourth-order valence-electron chi connectivity index (χ4n) is 1.42. The van der Waals surface area contributed by atoms with Crippen molar-refractivity contribution < 1.29 is 37.3 Å². The van der Waals surface area contributed by atoms with Gasteiger partial charge in [-0.2, -0.15) is 8.42 Å². The van der Waals surface area contributed by atoms with Crippen molar-refractivity contribution in [1.82, 2.24) is 0 Å². The molecule has 0 heterocycles. The summed E-state index contributed by atoms with van der Waals surface area (Å²) in [5.41, 5.74) is 0. The SMILES string of the molecule is O=S(=O)(O)c1cccc2ccccc12.[Li+].[OH-]. The van der Waals surface area contributed by atoms with Crippen molar-refractivity contribution in [2.75, 3.05) is 0 Å².